The Balaban J connectivity index is 2.58. The molecule has 0 aromatic heterocycles. The van der Waals surface area contributed by atoms with E-state index >= 15 is 0 Å². The second kappa shape index (κ2) is 8.51. The van der Waals surface area contributed by atoms with E-state index in [4.69, 9.17) is 21.1 Å². The van der Waals surface area contributed by atoms with Crippen LogP contribution in [-0.4, -0.2) is 32.8 Å². The number of hydrogen-bond acceptors (Lipinski definition) is 4. The topological polar surface area (TPSA) is 30.5 Å². The summed E-state index contributed by atoms with van der Waals surface area (Å²) in [5.41, 5.74) is 1.10. The number of hydrogen-bond donors (Lipinski definition) is 1. The van der Waals surface area contributed by atoms with E-state index in [2.05, 4.69) is 11.6 Å². The van der Waals surface area contributed by atoms with Gasteiger partial charge >= 0.3 is 0 Å². The summed E-state index contributed by atoms with van der Waals surface area (Å²) in [5.74, 6) is 2.44. The Morgan fingerprint density at radius 1 is 1.28 bits per heavy atom. The van der Waals surface area contributed by atoms with Crippen molar-refractivity contribution in [1.82, 2.24) is 5.32 Å². The van der Waals surface area contributed by atoms with Gasteiger partial charge in [0.2, 0.25) is 0 Å². The molecule has 102 valence electrons. The molecule has 1 aromatic rings. The van der Waals surface area contributed by atoms with Crippen LogP contribution >= 0.6 is 23.4 Å². The highest BCUT2D eigenvalue weighted by Gasteiger charge is 2.10. The predicted molar refractivity (Wildman–Crippen MR) is 79.3 cm³/mol. The van der Waals surface area contributed by atoms with Crippen molar-refractivity contribution in [2.24, 2.45) is 0 Å². The summed E-state index contributed by atoms with van der Waals surface area (Å²) in [4.78, 5) is 0. The number of rotatable bonds is 8. The van der Waals surface area contributed by atoms with Gasteiger partial charge in [-0.3, -0.25) is 0 Å². The molecule has 3 nitrogen and oxygen atoms in total. The van der Waals surface area contributed by atoms with E-state index in [1.807, 2.05) is 23.9 Å². The molecule has 0 aliphatic heterocycles. The molecule has 0 atom stereocenters. The third-order valence-corrected chi connectivity index (χ3v) is 3.50. The summed E-state index contributed by atoms with van der Waals surface area (Å²) in [6, 6.07) is 3.86. The van der Waals surface area contributed by atoms with Gasteiger partial charge in [-0.1, -0.05) is 11.6 Å². The van der Waals surface area contributed by atoms with Gasteiger partial charge in [-0.15, -0.1) is 0 Å². The van der Waals surface area contributed by atoms with E-state index in [0.29, 0.717) is 16.5 Å². The van der Waals surface area contributed by atoms with E-state index in [1.54, 1.807) is 14.2 Å². The van der Waals surface area contributed by atoms with Gasteiger partial charge in [-0.25, -0.2) is 0 Å². The summed E-state index contributed by atoms with van der Waals surface area (Å²) < 4.78 is 10.5. The van der Waals surface area contributed by atoms with Gasteiger partial charge in [0.05, 0.1) is 19.2 Å². The molecule has 1 N–H and O–H groups in total. The first-order chi connectivity index (χ1) is 8.72. The van der Waals surface area contributed by atoms with Crippen LogP contribution in [0.5, 0.6) is 11.5 Å². The maximum Gasteiger partial charge on any atom is 0.179 e. The molecule has 0 saturated carbocycles. The highest BCUT2D eigenvalue weighted by Crippen LogP contribution is 2.35. The van der Waals surface area contributed by atoms with Gasteiger partial charge in [0.15, 0.2) is 11.5 Å². The zero-order valence-electron chi connectivity index (χ0n) is 11.1. The second-order valence-electron chi connectivity index (χ2n) is 3.84. The fraction of sp³-hybridized carbons (Fsp3) is 0.538. The minimum Gasteiger partial charge on any atom is -0.493 e. The molecular weight excluding hydrogens is 270 g/mol. The summed E-state index contributed by atoms with van der Waals surface area (Å²) in [6.45, 7) is 1.79. The van der Waals surface area contributed by atoms with E-state index < -0.39 is 0 Å². The number of nitrogens with one attached hydrogen (secondary N) is 1. The SMILES string of the molecule is COc1cc(CNCCCSC)cc(Cl)c1OC. The lowest BCUT2D eigenvalue weighted by atomic mass is 10.2. The lowest BCUT2D eigenvalue weighted by molar-refractivity contribution is 0.354. The zero-order chi connectivity index (χ0) is 13.4. The molecule has 0 aliphatic carbocycles. The first-order valence-corrected chi connectivity index (χ1v) is 7.60. The summed E-state index contributed by atoms with van der Waals surface area (Å²) in [7, 11) is 3.20. The molecule has 18 heavy (non-hydrogen) atoms. The van der Waals surface area contributed by atoms with Crippen LogP contribution in [0.4, 0.5) is 0 Å². The highest BCUT2D eigenvalue weighted by molar-refractivity contribution is 7.98. The molecular formula is C13H20ClNO2S. The van der Waals surface area contributed by atoms with Gasteiger partial charge in [0.25, 0.3) is 0 Å². The fourth-order valence-corrected chi connectivity index (χ4v) is 2.39. The van der Waals surface area contributed by atoms with Crippen molar-refractivity contribution in [3.05, 3.63) is 22.7 Å². The van der Waals surface area contributed by atoms with Crippen LogP contribution < -0.4 is 14.8 Å². The van der Waals surface area contributed by atoms with Crippen molar-refractivity contribution in [2.75, 3.05) is 32.8 Å². The minimum absolute atomic E-state index is 0.581. The Kier molecular flexibility index (Phi) is 7.32. The molecule has 0 unspecified atom stereocenters. The molecule has 5 heteroatoms. The predicted octanol–water partition coefficient (Wildman–Crippen LogP) is 3.20. The lowest BCUT2D eigenvalue weighted by Crippen LogP contribution is -2.15. The number of thioether (sulfide) groups is 1. The Morgan fingerprint density at radius 3 is 2.67 bits per heavy atom. The van der Waals surface area contributed by atoms with Crippen LogP contribution in [-0.2, 0) is 6.54 Å². The quantitative estimate of drug-likeness (QED) is 0.745. The fourth-order valence-electron chi connectivity index (χ4n) is 1.65. The van der Waals surface area contributed by atoms with Crippen LogP contribution in [0.1, 0.15) is 12.0 Å². The molecule has 0 amide bonds. The smallest absolute Gasteiger partial charge is 0.179 e. The lowest BCUT2D eigenvalue weighted by Gasteiger charge is -2.12. The average molecular weight is 290 g/mol. The number of ether oxygens (including phenoxy) is 2. The van der Waals surface area contributed by atoms with E-state index in [1.165, 1.54) is 12.2 Å². The molecule has 0 radical (unpaired) electrons. The van der Waals surface area contributed by atoms with Crippen molar-refractivity contribution < 1.29 is 9.47 Å². The van der Waals surface area contributed by atoms with Crippen LogP contribution in [0.25, 0.3) is 0 Å². The monoisotopic (exact) mass is 289 g/mol. The molecule has 1 rings (SSSR count). The van der Waals surface area contributed by atoms with Crippen molar-refractivity contribution in [1.29, 1.82) is 0 Å². The first kappa shape index (κ1) is 15.5. The third-order valence-electron chi connectivity index (χ3n) is 2.52. The van der Waals surface area contributed by atoms with Crippen molar-refractivity contribution in [2.45, 2.75) is 13.0 Å². The minimum atomic E-state index is 0.581. The molecule has 1 aromatic carbocycles. The van der Waals surface area contributed by atoms with Gasteiger partial charge < -0.3 is 14.8 Å². The Bertz CT molecular complexity index is 374. The van der Waals surface area contributed by atoms with Crippen LogP contribution in [0.2, 0.25) is 5.02 Å². The molecule has 0 spiro atoms. The normalized spacial score (nSPS) is 10.4. The number of halogens is 1. The van der Waals surface area contributed by atoms with Gasteiger partial charge in [0, 0.05) is 6.54 Å². The standard InChI is InChI=1S/C13H20ClNO2S/c1-16-12-8-10(7-11(14)13(12)17-2)9-15-5-4-6-18-3/h7-8,15H,4-6,9H2,1-3H3. The Labute approximate surface area is 118 Å². The summed E-state index contributed by atoms with van der Waals surface area (Å²) >= 11 is 8.00. The second-order valence-corrected chi connectivity index (χ2v) is 5.23. The first-order valence-electron chi connectivity index (χ1n) is 5.83. The van der Waals surface area contributed by atoms with E-state index in [-0.39, 0.29) is 0 Å². The summed E-state index contributed by atoms with van der Waals surface area (Å²) in [5, 5.41) is 3.97. The van der Waals surface area contributed by atoms with Crippen LogP contribution in [0.3, 0.4) is 0 Å². The van der Waals surface area contributed by atoms with Crippen LogP contribution in [0.15, 0.2) is 12.1 Å². The number of benzene rings is 1. The van der Waals surface area contributed by atoms with Crippen molar-refractivity contribution in [3.63, 3.8) is 0 Å². The average Bonchev–Trinajstić information content (AvgIpc) is 2.37. The van der Waals surface area contributed by atoms with Crippen molar-refractivity contribution >= 4 is 23.4 Å². The van der Waals surface area contributed by atoms with Gasteiger partial charge in [-0.2, -0.15) is 11.8 Å². The molecule has 0 bridgehead atoms. The molecule has 0 saturated heterocycles. The van der Waals surface area contributed by atoms with E-state index in [9.17, 15) is 0 Å². The molecule has 0 fully saturated rings. The van der Waals surface area contributed by atoms with E-state index in [0.717, 1.165) is 18.7 Å². The molecule has 0 heterocycles. The Hall–Kier alpha value is -0.580. The maximum absolute atomic E-state index is 6.14. The van der Waals surface area contributed by atoms with Gasteiger partial charge in [-0.05, 0) is 42.7 Å². The molecule has 0 aliphatic rings. The van der Waals surface area contributed by atoms with Crippen LogP contribution in [0, 0.1) is 0 Å². The highest BCUT2D eigenvalue weighted by atomic mass is 35.5. The number of methoxy groups -OCH3 is 2. The third kappa shape index (κ3) is 4.59. The van der Waals surface area contributed by atoms with Crippen molar-refractivity contribution in [3.8, 4) is 11.5 Å². The maximum atomic E-state index is 6.14. The van der Waals surface area contributed by atoms with Gasteiger partial charge in [0.1, 0.15) is 0 Å². The summed E-state index contributed by atoms with van der Waals surface area (Å²) in [6.07, 6.45) is 3.29. The zero-order valence-corrected chi connectivity index (χ0v) is 12.7. The largest absolute Gasteiger partial charge is 0.493 e. The Morgan fingerprint density at radius 2 is 2.06 bits per heavy atom.